The van der Waals surface area contributed by atoms with Crippen LogP contribution in [0, 0.1) is 0 Å². The first-order valence-corrected chi connectivity index (χ1v) is 10.7. The van der Waals surface area contributed by atoms with Crippen molar-refractivity contribution in [3.63, 3.8) is 0 Å². The Kier molecular flexibility index (Phi) is 6.34. The molecule has 0 N–H and O–H groups in total. The highest BCUT2D eigenvalue weighted by Gasteiger charge is 2.25. The number of hydrogen-bond acceptors (Lipinski definition) is 4. The van der Waals surface area contributed by atoms with E-state index in [2.05, 4.69) is 60.4 Å². The third-order valence-electron chi connectivity index (χ3n) is 6.11. The predicted molar refractivity (Wildman–Crippen MR) is 121 cm³/mol. The minimum absolute atomic E-state index is 0.295. The quantitative estimate of drug-likeness (QED) is 0.516. The van der Waals surface area contributed by atoms with Crippen molar-refractivity contribution in [2.75, 3.05) is 31.8 Å². The van der Waals surface area contributed by atoms with Gasteiger partial charge in [-0.05, 0) is 53.3 Å². The van der Waals surface area contributed by atoms with Gasteiger partial charge >= 0.3 is 5.97 Å². The van der Waals surface area contributed by atoms with E-state index in [1.165, 1.54) is 23.4 Å². The molecule has 1 aliphatic heterocycles. The van der Waals surface area contributed by atoms with E-state index in [-0.39, 0.29) is 5.97 Å². The standard InChI is InChI=1S/C26H29NO3/c1-19(24-12-6-8-20-7-3-4-11-25(20)24)13-14-23-18-30-16-15-27(23)22-10-5-9-21(17-22)26(28)29-2/h3-12,17,19,23H,13-16,18H2,1-2H3/t19-,23?/m0/s1. The molecule has 1 heterocycles. The lowest BCUT2D eigenvalue weighted by atomic mass is 9.90. The first-order chi connectivity index (χ1) is 14.7. The summed E-state index contributed by atoms with van der Waals surface area (Å²) < 4.78 is 10.7. The fourth-order valence-corrected chi connectivity index (χ4v) is 4.44. The summed E-state index contributed by atoms with van der Waals surface area (Å²) >= 11 is 0. The van der Waals surface area contributed by atoms with Crippen LogP contribution >= 0.6 is 0 Å². The second-order valence-corrected chi connectivity index (χ2v) is 8.01. The lowest BCUT2D eigenvalue weighted by Gasteiger charge is -2.38. The van der Waals surface area contributed by atoms with Crippen LogP contribution in [0.2, 0.25) is 0 Å². The van der Waals surface area contributed by atoms with Gasteiger partial charge in [-0.2, -0.15) is 0 Å². The first-order valence-electron chi connectivity index (χ1n) is 10.7. The van der Waals surface area contributed by atoms with Crippen LogP contribution in [0.3, 0.4) is 0 Å². The summed E-state index contributed by atoms with van der Waals surface area (Å²) in [6.07, 6.45) is 2.11. The van der Waals surface area contributed by atoms with Crippen LogP contribution in [-0.4, -0.2) is 38.9 Å². The fraction of sp³-hybridized carbons (Fsp3) is 0.346. The predicted octanol–water partition coefficient (Wildman–Crippen LogP) is 5.42. The Labute approximate surface area is 178 Å². The number of methoxy groups -OCH3 is 1. The molecule has 2 atom stereocenters. The Hall–Kier alpha value is -2.85. The smallest absolute Gasteiger partial charge is 0.337 e. The van der Waals surface area contributed by atoms with Crippen molar-refractivity contribution in [3.8, 4) is 0 Å². The monoisotopic (exact) mass is 403 g/mol. The maximum absolute atomic E-state index is 11.9. The minimum atomic E-state index is -0.300. The molecule has 0 spiro atoms. The molecule has 0 amide bonds. The van der Waals surface area contributed by atoms with Crippen molar-refractivity contribution in [2.24, 2.45) is 0 Å². The number of fused-ring (bicyclic) bond motifs is 1. The van der Waals surface area contributed by atoms with Crippen molar-refractivity contribution in [3.05, 3.63) is 77.9 Å². The van der Waals surface area contributed by atoms with E-state index in [0.29, 0.717) is 30.7 Å². The summed E-state index contributed by atoms with van der Waals surface area (Å²) in [5, 5.41) is 2.64. The number of carbonyl (C=O) groups is 1. The molecule has 0 saturated carbocycles. The molecular formula is C26H29NO3. The van der Waals surface area contributed by atoms with Gasteiger partial charge < -0.3 is 14.4 Å². The molecule has 1 saturated heterocycles. The van der Waals surface area contributed by atoms with Crippen LogP contribution in [0.5, 0.6) is 0 Å². The van der Waals surface area contributed by atoms with Gasteiger partial charge in [0.05, 0.1) is 31.9 Å². The second-order valence-electron chi connectivity index (χ2n) is 8.01. The van der Waals surface area contributed by atoms with Gasteiger partial charge in [0.2, 0.25) is 0 Å². The Bertz CT molecular complexity index is 1010. The lowest BCUT2D eigenvalue weighted by Crippen LogP contribution is -2.45. The van der Waals surface area contributed by atoms with Crippen molar-refractivity contribution >= 4 is 22.4 Å². The van der Waals surface area contributed by atoms with Crippen molar-refractivity contribution in [2.45, 2.75) is 31.7 Å². The van der Waals surface area contributed by atoms with E-state index in [9.17, 15) is 4.79 Å². The number of ether oxygens (including phenoxy) is 2. The highest BCUT2D eigenvalue weighted by molar-refractivity contribution is 5.90. The van der Waals surface area contributed by atoms with E-state index in [1.807, 2.05) is 12.1 Å². The van der Waals surface area contributed by atoms with Crippen molar-refractivity contribution in [1.82, 2.24) is 0 Å². The van der Waals surface area contributed by atoms with Gasteiger partial charge in [-0.1, -0.05) is 55.5 Å². The number of esters is 1. The highest BCUT2D eigenvalue weighted by atomic mass is 16.5. The molecule has 1 aliphatic rings. The van der Waals surface area contributed by atoms with Crippen molar-refractivity contribution < 1.29 is 14.3 Å². The summed E-state index contributed by atoms with van der Waals surface area (Å²) in [6.45, 7) is 4.56. The van der Waals surface area contributed by atoms with Gasteiger partial charge in [0.25, 0.3) is 0 Å². The number of anilines is 1. The molecule has 0 bridgehead atoms. The number of benzene rings is 3. The maximum atomic E-state index is 11.9. The summed E-state index contributed by atoms with van der Waals surface area (Å²) in [6, 6.07) is 23.2. The average Bonchev–Trinajstić information content (AvgIpc) is 2.82. The molecule has 3 aromatic carbocycles. The van der Waals surface area contributed by atoms with Gasteiger partial charge in [-0.25, -0.2) is 4.79 Å². The molecule has 4 rings (SSSR count). The number of hydrogen-bond donors (Lipinski definition) is 0. The SMILES string of the molecule is COC(=O)c1cccc(N2CCOCC2CC[C@H](C)c2cccc3ccccc23)c1. The van der Waals surface area contributed by atoms with Gasteiger partial charge in [0, 0.05) is 12.2 Å². The number of nitrogens with zero attached hydrogens (tertiary/aromatic N) is 1. The van der Waals surface area contributed by atoms with E-state index >= 15 is 0 Å². The number of rotatable bonds is 6. The average molecular weight is 404 g/mol. The van der Waals surface area contributed by atoms with Crippen molar-refractivity contribution in [1.29, 1.82) is 0 Å². The maximum Gasteiger partial charge on any atom is 0.337 e. The lowest BCUT2D eigenvalue weighted by molar-refractivity contribution is 0.0600. The fourth-order valence-electron chi connectivity index (χ4n) is 4.44. The van der Waals surface area contributed by atoms with Crippen LogP contribution in [0.25, 0.3) is 10.8 Å². The van der Waals surface area contributed by atoms with Gasteiger partial charge in [-0.3, -0.25) is 0 Å². The molecule has 4 heteroatoms. The zero-order chi connectivity index (χ0) is 20.9. The van der Waals surface area contributed by atoms with Crippen LogP contribution in [-0.2, 0) is 9.47 Å². The third-order valence-corrected chi connectivity index (χ3v) is 6.11. The van der Waals surface area contributed by atoms with Crippen LogP contribution in [0.4, 0.5) is 5.69 Å². The number of morpholine rings is 1. The molecular weight excluding hydrogens is 374 g/mol. The molecule has 1 fully saturated rings. The second kappa shape index (κ2) is 9.31. The summed E-state index contributed by atoms with van der Waals surface area (Å²) in [5.74, 6) is 0.160. The molecule has 1 unspecified atom stereocenters. The molecule has 0 radical (unpaired) electrons. The van der Waals surface area contributed by atoms with E-state index in [1.54, 1.807) is 6.07 Å². The van der Waals surface area contributed by atoms with Crippen LogP contribution in [0.1, 0.15) is 41.6 Å². The first kappa shape index (κ1) is 20.4. The number of carbonyl (C=O) groups excluding carboxylic acids is 1. The highest BCUT2D eigenvalue weighted by Crippen LogP contribution is 2.31. The Balaban J connectivity index is 1.49. The Morgan fingerprint density at radius 2 is 1.93 bits per heavy atom. The van der Waals surface area contributed by atoms with E-state index < -0.39 is 0 Å². The van der Waals surface area contributed by atoms with Crippen LogP contribution in [0.15, 0.2) is 66.7 Å². The Morgan fingerprint density at radius 1 is 1.13 bits per heavy atom. The van der Waals surface area contributed by atoms with Gasteiger partial charge in [0.1, 0.15) is 0 Å². The molecule has 156 valence electrons. The normalized spacial score (nSPS) is 17.7. The van der Waals surface area contributed by atoms with E-state index in [0.717, 1.165) is 25.1 Å². The molecule has 0 aromatic heterocycles. The van der Waals surface area contributed by atoms with Gasteiger partial charge in [-0.15, -0.1) is 0 Å². The van der Waals surface area contributed by atoms with Crippen LogP contribution < -0.4 is 4.90 Å². The molecule has 30 heavy (non-hydrogen) atoms. The minimum Gasteiger partial charge on any atom is -0.465 e. The third kappa shape index (κ3) is 4.34. The summed E-state index contributed by atoms with van der Waals surface area (Å²) in [4.78, 5) is 14.3. The summed E-state index contributed by atoms with van der Waals surface area (Å²) in [5.41, 5.74) is 3.05. The zero-order valence-corrected chi connectivity index (χ0v) is 17.7. The molecule has 4 nitrogen and oxygen atoms in total. The van der Waals surface area contributed by atoms with E-state index in [4.69, 9.17) is 9.47 Å². The van der Waals surface area contributed by atoms with Gasteiger partial charge in [0.15, 0.2) is 0 Å². The molecule has 3 aromatic rings. The topological polar surface area (TPSA) is 38.8 Å². The zero-order valence-electron chi connectivity index (χ0n) is 17.7. The largest absolute Gasteiger partial charge is 0.465 e. The Morgan fingerprint density at radius 3 is 2.80 bits per heavy atom. The molecule has 0 aliphatic carbocycles. The summed E-state index contributed by atoms with van der Waals surface area (Å²) in [7, 11) is 1.42.